The van der Waals surface area contributed by atoms with Gasteiger partial charge in [-0.05, 0) is 62.6 Å². The van der Waals surface area contributed by atoms with Gasteiger partial charge in [-0.3, -0.25) is 0 Å². The molecule has 0 saturated carbocycles. The molecule has 1 heterocycles. The maximum absolute atomic E-state index is 12.3. The van der Waals surface area contributed by atoms with Crippen LogP contribution in [0, 0.1) is 0 Å². The first kappa shape index (κ1) is 19.5. The summed E-state index contributed by atoms with van der Waals surface area (Å²) in [5.74, 6) is -0.508. The Hall–Kier alpha value is -2.30. The van der Waals surface area contributed by atoms with E-state index in [0.29, 0.717) is 11.3 Å². The van der Waals surface area contributed by atoms with E-state index in [2.05, 4.69) is 13.0 Å². The maximum atomic E-state index is 12.3. The van der Waals surface area contributed by atoms with Crippen molar-refractivity contribution in [2.45, 2.75) is 77.7 Å². The number of aliphatic carboxylic acids is 1. The molecule has 0 fully saturated rings. The molecule has 1 N–H and O–H groups in total. The Bertz CT molecular complexity index is 880. The van der Waals surface area contributed by atoms with E-state index in [0.717, 1.165) is 73.4 Å². The Morgan fingerprint density at radius 2 is 1.93 bits per heavy atom. The van der Waals surface area contributed by atoms with E-state index in [-0.39, 0.29) is 5.63 Å². The largest absolute Gasteiger partial charge is 0.479 e. The zero-order chi connectivity index (χ0) is 19.4. The Morgan fingerprint density at radius 3 is 2.63 bits per heavy atom. The molecule has 5 nitrogen and oxygen atoms in total. The molecular weight excluding hydrogens is 344 g/mol. The van der Waals surface area contributed by atoms with Crippen LogP contribution < -0.4 is 10.4 Å². The lowest BCUT2D eigenvalue weighted by atomic mass is 9.89. The van der Waals surface area contributed by atoms with E-state index in [9.17, 15) is 14.7 Å². The summed E-state index contributed by atoms with van der Waals surface area (Å²) in [4.78, 5) is 23.6. The lowest BCUT2D eigenvalue weighted by molar-refractivity contribution is -0.144. The van der Waals surface area contributed by atoms with Gasteiger partial charge in [0.25, 0.3) is 0 Å². The van der Waals surface area contributed by atoms with Gasteiger partial charge in [0.1, 0.15) is 11.3 Å². The van der Waals surface area contributed by atoms with Gasteiger partial charge in [-0.1, -0.05) is 26.2 Å². The topological polar surface area (TPSA) is 76.7 Å². The minimum Gasteiger partial charge on any atom is -0.479 e. The van der Waals surface area contributed by atoms with Gasteiger partial charge in [0.05, 0.1) is 0 Å². The van der Waals surface area contributed by atoms with Crippen molar-refractivity contribution in [1.82, 2.24) is 0 Å². The summed E-state index contributed by atoms with van der Waals surface area (Å²) in [6, 6.07) is 3.76. The van der Waals surface area contributed by atoms with Crippen LogP contribution in [-0.2, 0) is 24.1 Å². The van der Waals surface area contributed by atoms with Gasteiger partial charge in [-0.15, -0.1) is 0 Å². The molecule has 2 aromatic rings. The van der Waals surface area contributed by atoms with E-state index >= 15 is 0 Å². The van der Waals surface area contributed by atoms with E-state index in [1.165, 1.54) is 13.3 Å². The summed E-state index contributed by atoms with van der Waals surface area (Å²) in [5.41, 5.74) is 3.11. The fourth-order valence-electron chi connectivity index (χ4n) is 3.80. The third-order valence-electron chi connectivity index (χ3n) is 5.36. The molecule has 0 unspecified atom stereocenters. The van der Waals surface area contributed by atoms with E-state index < -0.39 is 12.1 Å². The zero-order valence-corrected chi connectivity index (χ0v) is 16.2. The second-order valence-corrected chi connectivity index (χ2v) is 7.42. The van der Waals surface area contributed by atoms with Crippen molar-refractivity contribution in [2.24, 2.45) is 0 Å². The van der Waals surface area contributed by atoms with Crippen LogP contribution in [0.5, 0.6) is 5.75 Å². The van der Waals surface area contributed by atoms with Gasteiger partial charge in [-0.2, -0.15) is 0 Å². The molecule has 1 aromatic heterocycles. The van der Waals surface area contributed by atoms with E-state index in [1.54, 1.807) is 6.07 Å². The van der Waals surface area contributed by atoms with Gasteiger partial charge >= 0.3 is 11.6 Å². The van der Waals surface area contributed by atoms with Crippen LogP contribution >= 0.6 is 0 Å². The fourth-order valence-corrected chi connectivity index (χ4v) is 3.80. The number of fused-ring (bicyclic) bond motifs is 3. The van der Waals surface area contributed by atoms with E-state index in [4.69, 9.17) is 9.15 Å². The molecule has 5 heteroatoms. The Balaban J connectivity index is 2.04. The third-order valence-corrected chi connectivity index (χ3v) is 5.36. The van der Waals surface area contributed by atoms with Gasteiger partial charge in [0, 0.05) is 17.0 Å². The molecule has 1 aromatic carbocycles. The van der Waals surface area contributed by atoms with Crippen molar-refractivity contribution < 1.29 is 19.1 Å². The highest BCUT2D eigenvalue weighted by molar-refractivity contribution is 5.84. The Kier molecular flexibility index (Phi) is 6.19. The predicted octanol–water partition coefficient (Wildman–Crippen LogP) is 4.65. The van der Waals surface area contributed by atoms with E-state index in [1.807, 2.05) is 0 Å². The number of rotatable bonds is 8. The number of unbranched alkanes of at least 4 members (excludes halogenated alkanes) is 3. The second kappa shape index (κ2) is 8.59. The molecule has 0 bridgehead atoms. The SMILES string of the molecule is CCCCCCc1cc2c3c(c(=O)oc2cc1O[C@@H](C)C(=O)O)CCCC3. The second-order valence-electron chi connectivity index (χ2n) is 7.42. The molecule has 0 radical (unpaired) electrons. The normalized spacial score (nSPS) is 14.7. The van der Waals surface area contributed by atoms with Crippen LogP contribution in [0.15, 0.2) is 21.3 Å². The van der Waals surface area contributed by atoms with Crippen molar-refractivity contribution in [1.29, 1.82) is 0 Å². The zero-order valence-electron chi connectivity index (χ0n) is 16.2. The predicted molar refractivity (Wildman–Crippen MR) is 105 cm³/mol. The first-order valence-corrected chi connectivity index (χ1v) is 10.0. The summed E-state index contributed by atoms with van der Waals surface area (Å²) >= 11 is 0. The number of carboxylic acids is 1. The molecule has 3 rings (SSSR count). The maximum Gasteiger partial charge on any atom is 0.344 e. The minimum atomic E-state index is -1.01. The number of hydrogen-bond acceptors (Lipinski definition) is 4. The Morgan fingerprint density at radius 1 is 1.19 bits per heavy atom. The van der Waals surface area contributed by atoms with Crippen LogP contribution in [0.1, 0.15) is 69.1 Å². The van der Waals surface area contributed by atoms with Crippen molar-refractivity contribution in [3.8, 4) is 5.75 Å². The molecule has 0 amide bonds. The molecule has 1 atom stereocenters. The van der Waals surface area contributed by atoms with Crippen LogP contribution in [0.2, 0.25) is 0 Å². The Labute approximate surface area is 159 Å². The highest BCUT2D eigenvalue weighted by atomic mass is 16.5. The summed E-state index contributed by atoms with van der Waals surface area (Å²) < 4.78 is 11.3. The molecule has 1 aliphatic carbocycles. The number of ether oxygens (including phenoxy) is 1. The first-order chi connectivity index (χ1) is 13.0. The number of hydrogen-bond donors (Lipinski definition) is 1. The van der Waals surface area contributed by atoms with Gasteiger partial charge < -0.3 is 14.3 Å². The molecule has 27 heavy (non-hydrogen) atoms. The average Bonchev–Trinajstić information content (AvgIpc) is 2.66. The smallest absolute Gasteiger partial charge is 0.344 e. The third kappa shape index (κ3) is 4.34. The number of aryl methyl sites for hydroxylation is 2. The van der Waals surface area contributed by atoms with Crippen molar-refractivity contribution in [3.05, 3.63) is 39.2 Å². The number of carboxylic acid groups (broad SMARTS) is 1. The van der Waals surface area contributed by atoms with Crippen LogP contribution in [-0.4, -0.2) is 17.2 Å². The van der Waals surface area contributed by atoms with Crippen molar-refractivity contribution in [3.63, 3.8) is 0 Å². The van der Waals surface area contributed by atoms with Gasteiger partial charge in [0.15, 0.2) is 6.10 Å². The molecular formula is C22H28O5. The summed E-state index contributed by atoms with van der Waals surface area (Å²) in [7, 11) is 0. The number of benzene rings is 1. The lowest BCUT2D eigenvalue weighted by Gasteiger charge is -2.19. The molecule has 1 aliphatic rings. The highest BCUT2D eigenvalue weighted by Crippen LogP contribution is 2.33. The molecule has 0 spiro atoms. The first-order valence-electron chi connectivity index (χ1n) is 10.0. The summed E-state index contributed by atoms with van der Waals surface area (Å²) in [6.07, 6.45) is 8.12. The monoisotopic (exact) mass is 372 g/mol. The van der Waals surface area contributed by atoms with Crippen molar-refractivity contribution in [2.75, 3.05) is 0 Å². The van der Waals surface area contributed by atoms with Gasteiger partial charge in [-0.25, -0.2) is 9.59 Å². The van der Waals surface area contributed by atoms with Crippen LogP contribution in [0.25, 0.3) is 11.0 Å². The highest BCUT2D eigenvalue weighted by Gasteiger charge is 2.21. The lowest BCUT2D eigenvalue weighted by Crippen LogP contribution is -2.23. The summed E-state index contributed by atoms with van der Waals surface area (Å²) in [5, 5.41) is 10.2. The molecule has 146 valence electrons. The molecule has 0 saturated heterocycles. The summed E-state index contributed by atoms with van der Waals surface area (Å²) in [6.45, 7) is 3.68. The molecule has 0 aliphatic heterocycles. The van der Waals surface area contributed by atoms with Gasteiger partial charge in [0.2, 0.25) is 0 Å². The van der Waals surface area contributed by atoms with Crippen LogP contribution in [0.4, 0.5) is 0 Å². The standard InChI is InChI=1S/C22H28O5/c1-3-4-5-6-9-15-12-18-16-10-7-8-11-17(16)22(25)27-20(18)13-19(15)26-14(2)21(23)24/h12-14H,3-11H2,1-2H3,(H,23,24)/t14-/m0/s1. The quantitative estimate of drug-likeness (QED) is 0.539. The minimum absolute atomic E-state index is 0.273. The van der Waals surface area contributed by atoms with Crippen molar-refractivity contribution >= 4 is 16.9 Å². The average molecular weight is 372 g/mol. The van der Waals surface area contributed by atoms with Crippen LogP contribution in [0.3, 0.4) is 0 Å². The number of carbonyl (C=O) groups is 1. The fraction of sp³-hybridized carbons (Fsp3) is 0.545.